The maximum Gasteiger partial charge on any atom is 0.255 e. The van der Waals surface area contributed by atoms with Gasteiger partial charge in [-0.15, -0.1) is 0 Å². The van der Waals surface area contributed by atoms with Crippen LogP contribution < -0.4 is 24.8 Å². The SMILES string of the molecule is COc1ccc(-c2cc(C(=O)Nc3ccc(-c4ccc(OC5CCNCC5)cc4)cc3)ccc2OC)cc1. The van der Waals surface area contributed by atoms with Gasteiger partial charge in [0.05, 0.1) is 14.2 Å². The number of nitrogens with one attached hydrogen (secondary N) is 2. The second kappa shape index (κ2) is 11.8. The molecule has 0 radical (unpaired) electrons. The molecule has 1 fully saturated rings. The first-order valence-electron chi connectivity index (χ1n) is 12.8. The average molecular weight is 509 g/mol. The van der Waals surface area contributed by atoms with E-state index < -0.39 is 0 Å². The molecule has 0 bridgehead atoms. The predicted molar refractivity (Wildman–Crippen MR) is 151 cm³/mol. The van der Waals surface area contributed by atoms with E-state index in [1.54, 1.807) is 20.3 Å². The number of rotatable bonds is 8. The number of piperidine rings is 1. The number of ether oxygens (including phenoxy) is 3. The van der Waals surface area contributed by atoms with Crippen molar-refractivity contribution >= 4 is 11.6 Å². The Morgan fingerprint density at radius 2 is 1.34 bits per heavy atom. The Kier molecular flexibility index (Phi) is 7.90. The third-order valence-corrected chi connectivity index (χ3v) is 6.78. The van der Waals surface area contributed by atoms with E-state index in [4.69, 9.17) is 14.2 Å². The number of anilines is 1. The van der Waals surface area contributed by atoms with Crippen LogP contribution in [-0.4, -0.2) is 39.3 Å². The molecule has 5 rings (SSSR count). The second-order valence-corrected chi connectivity index (χ2v) is 9.27. The van der Waals surface area contributed by atoms with E-state index >= 15 is 0 Å². The zero-order valence-electron chi connectivity index (χ0n) is 21.7. The van der Waals surface area contributed by atoms with Crippen molar-refractivity contribution in [3.8, 4) is 39.5 Å². The van der Waals surface area contributed by atoms with Crippen LogP contribution >= 0.6 is 0 Å². The molecule has 1 amide bonds. The maximum atomic E-state index is 13.1. The molecule has 1 aliphatic rings. The third-order valence-electron chi connectivity index (χ3n) is 6.78. The molecule has 0 aliphatic carbocycles. The number of hydrogen-bond acceptors (Lipinski definition) is 5. The fourth-order valence-electron chi connectivity index (χ4n) is 4.63. The zero-order valence-corrected chi connectivity index (χ0v) is 21.7. The first-order valence-corrected chi connectivity index (χ1v) is 12.8. The quantitative estimate of drug-likeness (QED) is 0.287. The summed E-state index contributed by atoms with van der Waals surface area (Å²) in [6.07, 6.45) is 2.35. The van der Waals surface area contributed by atoms with E-state index in [-0.39, 0.29) is 12.0 Å². The minimum absolute atomic E-state index is 0.186. The van der Waals surface area contributed by atoms with Gasteiger partial charge in [0.25, 0.3) is 5.91 Å². The van der Waals surface area contributed by atoms with Gasteiger partial charge in [-0.3, -0.25) is 4.79 Å². The number of hydrogen-bond donors (Lipinski definition) is 2. The summed E-state index contributed by atoms with van der Waals surface area (Å²) >= 11 is 0. The van der Waals surface area contributed by atoms with E-state index in [1.807, 2.05) is 72.8 Å². The first kappa shape index (κ1) is 25.4. The molecule has 0 saturated carbocycles. The van der Waals surface area contributed by atoms with Crippen LogP contribution in [0.1, 0.15) is 23.2 Å². The normalized spacial score (nSPS) is 13.5. The van der Waals surface area contributed by atoms with Gasteiger partial charge in [0.15, 0.2) is 0 Å². The van der Waals surface area contributed by atoms with Gasteiger partial charge in [0.1, 0.15) is 23.4 Å². The number of amides is 1. The van der Waals surface area contributed by atoms with E-state index in [2.05, 4.69) is 22.8 Å². The van der Waals surface area contributed by atoms with Crippen molar-refractivity contribution in [2.24, 2.45) is 0 Å². The Hall–Kier alpha value is -4.29. The Morgan fingerprint density at radius 3 is 1.97 bits per heavy atom. The molecular weight excluding hydrogens is 476 g/mol. The summed E-state index contributed by atoms with van der Waals surface area (Å²) < 4.78 is 16.9. The minimum Gasteiger partial charge on any atom is -0.497 e. The molecule has 1 heterocycles. The summed E-state index contributed by atoms with van der Waals surface area (Å²) in [4.78, 5) is 13.1. The van der Waals surface area contributed by atoms with E-state index in [0.717, 1.165) is 65.4 Å². The average Bonchev–Trinajstić information content (AvgIpc) is 2.98. The van der Waals surface area contributed by atoms with E-state index in [9.17, 15) is 4.79 Å². The van der Waals surface area contributed by atoms with Crippen LogP contribution in [0.15, 0.2) is 91.0 Å². The van der Waals surface area contributed by atoms with Crippen LogP contribution in [-0.2, 0) is 0 Å². The van der Waals surface area contributed by atoms with Gasteiger partial charge in [0.2, 0.25) is 0 Å². The van der Waals surface area contributed by atoms with Crippen molar-refractivity contribution < 1.29 is 19.0 Å². The van der Waals surface area contributed by atoms with Gasteiger partial charge in [-0.05, 0) is 97.2 Å². The molecule has 0 atom stereocenters. The van der Waals surface area contributed by atoms with Crippen LogP contribution in [0.2, 0.25) is 0 Å². The highest BCUT2D eigenvalue weighted by molar-refractivity contribution is 6.05. The summed E-state index contributed by atoms with van der Waals surface area (Å²) in [5.74, 6) is 2.18. The zero-order chi connectivity index (χ0) is 26.3. The van der Waals surface area contributed by atoms with Crippen molar-refractivity contribution in [2.75, 3.05) is 32.6 Å². The molecular formula is C32H32N2O4. The van der Waals surface area contributed by atoms with Crippen LogP contribution in [0, 0.1) is 0 Å². The lowest BCUT2D eigenvalue weighted by Crippen LogP contribution is -2.34. The fraction of sp³-hybridized carbons (Fsp3) is 0.219. The lowest BCUT2D eigenvalue weighted by Gasteiger charge is -2.23. The van der Waals surface area contributed by atoms with Crippen molar-refractivity contribution in [1.82, 2.24) is 5.32 Å². The summed E-state index contributed by atoms with van der Waals surface area (Å²) in [7, 11) is 3.26. The molecule has 194 valence electrons. The van der Waals surface area contributed by atoms with E-state index in [0.29, 0.717) is 11.3 Å². The lowest BCUT2D eigenvalue weighted by atomic mass is 10.0. The molecule has 0 aromatic heterocycles. The highest BCUT2D eigenvalue weighted by Crippen LogP contribution is 2.32. The van der Waals surface area contributed by atoms with Gasteiger partial charge in [-0.25, -0.2) is 0 Å². The second-order valence-electron chi connectivity index (χ2n) is 9.27. The Morgan fingerprint density at radius 1 is 0.737 bits per heavy atom. The minimum atomic E-state index is -0.186. The summed E-state index contributed by atoms with van der Waals surface area (Å²) in [5, 5.41) is 6.36. The van der Waals surface area contributed by atoms with Crippen molar-refractivity contribution in [2.45, 2.75) is 18.9 Å². The Labute approximate surface area is 223 Å². The number of methoxy groups -OCH3 is 2. The molecule has 2 N–H and O–H groups in total. The summed E-state index contributed by atoms with van der Waals surface area (Å²) in [6, 6.07) is 29.1. The van der Waals surface area contributed by atoms with E-state index in [1.165, 1.54) is 0 Å². The smallest absolute Gasteiger partial charge is 0.255 e. The molecule has 0 unspecified atom stereocenters. The lowest BCUT2D eigenvalue weighted by molar-refractivity contribution is 0.102. The topological polar surface area (TPSA) is 68.8 Å². The monoisotopic (exact) mass is 508 g/mol. The highest BCUT2D eigenvalue weighted by Gasteiger charge is 2.15. The predicted octanol–water partition coefficient (Wildman–Crippen LogP) is 6.42. The molecule has 6 nitrogen and oxygen atoms in total. The molecule has 38 heavy (non-hydrogen) atoms. The Bertz CT molecular complexity index is 1360. The summed E-state index contributed by atoms with van der Waals surface area (Å²) in [6.45, 7) is 2.02. The van der Waals surface area contributed by atoms with Crippen molar-refractivity contribution in [1.29, 1.82) is 0 Å². The van der Waals surface area contributed by atoms with Gasteiger partial charge >= 0.3 is 0 Å². The number of carbonyl (C=O) groups excluding carboxylic acids is 1. The maximum absolute atomic E-state index is 13.1. The van der Waals surface area contributed by atoms with Crippen LogP contribution in [0.5, 0.6) is 17.2 Å². The van der Waals surface area contributed by atoms with Crippen molar-refractivity contribution in [3.05, 3.63) is 96.6 Å². The standard InChI is InChI=1S/C32H32N2O4/c1-36-27-12-7-24(8-13-27)30-21-25(9-16-31(30)37-2)32(35)34-26-10-3-22(4-11-26)23-5-14-28(15-6-23)38-29-17-19-33-20-18-29/h3-16,21,29,33H,17-20H2,1-2H3,(H,34,35). The van der Waals surface area contributed by atoms with Crippen LogP contribution in [0.3, 0.4) is 0 Å². The van der Waals surface area contributed by atoms with Gasteiger partial charge in [-0.1, -0.05) is 36.4 Å². The molecule has 1 aliphatic heterocycles. The number of benzene rings is 4. The molecule has 1 saturated heterocycles. The summed E-state index contributed by atoms with van der Waals surface area (Å²) in [5.41, 5.74) is 5.22. The molecule has 0 spiro atoms. The highest BCUT2D eigenvalue weighted by atomic mass is 16.5. The van der Waals surface area contributed by atoms with Crippen LogP contribution in [0.4, 0.5) is 5.69 Å². The Balaban J connectivity index is 1.25. The first-order chi connectivity index (χ1) is 18.6. The van der Waals surface area contributed by atoms with Gasteiger partial charge in [-0.2, -0.15) is 0 Å². The van der Waals surface area contributed by atoms with Gasteiger partial charge < -0.3 is 24.8 Å². The number of carbonyl (C=O) groups is 1. The van der Waals surface area contributed by atoms with Gasteiger partial charge in [0, 0.05) is 16.8 Å². The molecule has 6 heteroatoms. The van der Waals surface area contributed by atoms with Crippen LogP contribution in [0.25, 0.3) is 22.3 Å². The molecule has 4 aromatic carbocycles. The third kappa shape index (κ3) is 5.98. The largest absolute Gasteiger partial charge is 0.497 e. The fourth-order valence-corrected chi connectivity index (χ4v) is 4.63. The van der Waals surface area contributed by atoms with Crippen molar-refractivity contribution in [3.63, 3.8) is 0 Å². The molecule has 4 aromatic rings.